The van der Waals surface area contributed by atoms with Crippen LogP contribution >= 0.6 is 0 Å². The molecule has 0 heterocycles. The van der Waals surface area contributed by atoms with Gasteiger partial charge in [-0.25, -0.2) is 0 Å². The Hall–Kier alpha value is -1.44. The quantitative estimate of drug-likeness (QED) is 0.753. The highest BCUT2D eigenvalue weighted by molar-refractivity contribution is 7.85. The van der Waals surface area contributed by atoms with E-state index >= 15 is 0 Å². The molecule has 0 saturated carbocycles. The lowest BCUT2D eigenvalue weighted by Crippen LogP contribution is -2.05. The van der Waals surface area contributed by atoms with Crippen LogP contribution < -0.4 is 9.47 Å². The van der Waals surface area contributed by atoms with Crippen LogP contribution in [0.3, 0.4) is 0 Å². The number of ether oxygens (including phenoxy) is 2. The molecule has 0 aliphatic carbocycles. The molecule has 18 heavy (non-hydrogen) atoms. The maximum atomic E-state index is 12.5. The molecule has 0 N–H and O–H groups in total. The normalized spacial score (nSPS) is 11.6. The smallest absolute Gasteiger partial charge is 0.387 e. The maximum absolute atomic E-state index is 12.5. The van der Waals surface area contributed by atoms with Gasteiger partial charge in [-0.1, -0.05) is 6.07 Å². The number of hydrogen-bond acceptors (Lipinski definition) is 4. The molecular formula is C10H11F3O4S. The van der Waals surface area contributed by atoms with Gasteiger partial charge in [-0.15, -0.1) is 3.89 Å². The van der Waals surface area contributed by atoms with Crippen LogP contribution in [-0.4, -0.2) is 21.6 Å². The average Bonchev–Trinajstić information content (AvgIpc) is 2.19. The van der Waals surface area contributed by atoms with Gasteiger partial charge in [0.15, 0.2) is 11.5 Å². The first kappa shape index (κ1) is 14.6. The molecule has 102 valence electrons. The van der Waals surface area contributed by atoms with E-state index in [0.29, 0.717) is 0 Å². The summed E-state index contributed by atoms with van der Waals surface area (Å²) in [4.78, 5) is 0. The minimum absolute atomic E-state index is 0.0565. The highest BCUT2D eigenvalue weighted by atomic mass is 32.3. The molecule has 0 unspecified atom stereocenters. The third-order valence-corrected chi connectivity index (χ3v) is 2.54. The van der Waals surface area contributed by atoms with Crippen LogP contribution in [0.5, 0.6) is 11.5 Å². The van der Waals surface area contributed by atoms with Gasteiger partial charge in [0.25, 0.3) is 0 Å². The molecule has 0 fully saturated rings. The Bertz CT molecular complexity index is 502. The molecule has 1 rings (SSSR count). The fourth-order valence-corrected chi connectivity index (χ4v) is 1.88. The van der Waals surface area contributed by atoms with E-state index in [-0.39, 0.29) is 23.7 Å². The molecular weight excluding hydrogens is 273 g/mol. The Kier molecular flexibility index (Phi) is 4.83. The topological polar surface area (TPSA) is 52.6 Å². The predicted molar refractivity (Wildman–Crippen MR) is 58.0 cm³/mol. The van der Waals surface area contributed by atoms with Crippen LogP contribution in [0.25, 0.3) is 0 Å². The molecule has 0 bridgehead atoms. The number of halogens is 3. The van der Waals surface area contributed by atoms with Gasteiger partial charge in [-0.3, -0.25) is 0 Å². The zero-order valence-corrected chi connectivity index (χ0v) is 10.2. The maximum Gasteiger partial charge on any atom is 0.387 e. The van der Waals surface area contributed by atoms with E-state index in [4.69, 9.17) is 4.74 Å². The summed E-state index contributed by atoms with van der Waals surface area (Å²) >= 11 is 0. The molecule has 8 heteroatoms. The van der Waals surface area contributed by atoms with Crippen LogP contribution in [0.2, 0.25) is 0 Å². The summed E-state index contributed by atoms with van der Waals surface area (Å²) in [5.74, 6) is -1.13. The van der Waals surface area contributed by atoms with E-state index in [1.807, 2.05) is 0 Å². The summed E-state index contributed by atoms with van der Waals surface area (Å²) < 4.78 is 66.8. The number of rotatable bonds is 6. The van der Waals surface area contributed by atoms with Crippen LogP contribution in [0.15, 0.2) is 18.2 Å². The van der Waals surface area contributed by atoms with E-state index in [2.05, 4.69) is 4.74 Å². The number of benzene rings is 1. The first-order chi connectivity index (χ1) is 8.31. The van der Waals surface area contributed by atoms with Crippen molar-refractivity contribution in [3.63, 3.8) is 0 Å². The summed E-state index contributed by atoms with van der Waals surface area (Å²) in [6, 6.07) is 3.44. The third kappa shape index (κ3) is 4.82. The molecule has 4 nitrogen and oxygen atoms in total. The third-order valence-electron chi connectivity index (χ3n) is 1.86. The van der Waals surface area contributed by atoms with Crippen LogP contribution in [0.4, 0.5) is 12.7 Å². The standard InChI is InChI=1S/C10H11F3O4S/c1-2-16-9-5-7(6-18(13,14)15)3-4-8(9)17-10(11)12/h3-5,10H,2,6H2,1H3. The van der Waals surface area contributed by atoms with Crippen LogP contribution in [0, 0.1) is 0 Å². The summed E-state index contributed by atoms with van der Waals surface area (Å²) in [6.45, 7) is -1.24. The Labute approximate surface area is 103 Å². The van der Waals surface area contributed by atoms with Crippen LogP contribution in [-0.2, 0) is 16.0 Å². The van der Waals surface area contributed by atoms with Crippen molar-refractivity contribution in [1.29, 1.82) is 0 Å². The van der Waals surface area contributed by atoms with Gasteiger partial charge in [-0.05, 0) is 24.6 Å². The SMILES string of the molecule is CCOc1cc(CS(=O)(=O)F)ccc1OC(F)F. The highest BCUT2D eigenvalue weighted by Crippen LogP contribution is 2.30. The zero-order chi connectivity index (χ0) is 13.8. The molecule has 0 radical (unpaired) electrons. The Morgan fingerprint density at radius 2 is 1.94 bits per heavy atom. The van der Waals surface area contributed by atoms with Gasteiger partial charge in [0, 0.05) is 0 Å². The molecule has 0 aromatic heterocycles. The van der Waals surface area contributed by atoms with E-state index in [1.54, 1.807) is 6.92 Å². The second-order valence-corrected chi connectivity index (χ2v) is 4.64. The Balaban J connectivity index is 3.02. The van der Waals surface area contributed by atoms with Crippen molar-refractivity contribution in [2.45, 2.75) is 19.3 Å². The molecule has 1 aromatic carbocycles. The van der Waals surface area contributed by atoms with Crippen molar-refractivity contribution in [1.82, 2.24) is 0 Å². The van der Waals surface area contributed by atoms with Gasteiger partial charge in [-0.2, -0.15) is 17.2 Å². The fourth-order valence-electron chi connectivity index (χ4n) is 1.30. The summed E-state index contributed by atoms with van der Waals surface area (Å²) in [7, 11) is -4.69. The highest BCUT2D eigenvalue weighted by Gasteiger charge is 2.14. The summed E-state index contributed by atoms with van der Waals surface area (Å²) in [6.07, 6.45) is 0. The molecule has 0 saturated heterocycles. The largest absolute Gasteiger partial charge is 0.490 e. The number of alkyl halides is 2. The summed E-state index contributed by atoms with van der Waals surface area (Å²) in [5.41, 5.74) is 0.0857. The lowest BCUT2D eigenvalue weighted by Gasteiger charge is -2.12. The molecule has 0 atom stereocenters. The van der Waals surface area contributed by atoms with Gasteiger partial charge in [0.2, 0.25) is 0 Å². The second-order valence-electron chi connectivity index (χ2n) is 3.28. The Morgan fingerprint density at radius 3 is 2.44 bits per heavy atom. The van der Waals surface area contributed by atoms with Crippen molar-refractivity contribution in [2.24, 2.45) is 0 Å². The van der Waals surface area contributed by atoms with Crippen LogP contribution in [0.1, 0.15) is 12.5 Å². The molecule has 0 aliphatic rings. The molecule has 0 spiro atoms. The lowest BCUT2D eigenvalue weighted by atomic mass is 10.2. The molecule has 0 amide bonds. The first-order valence-corrected chi connectivity index (χ1v) is 6.50. The Morgan fingerprint density at radius 1 is 1.28 bits per heavy atom. The molecule has 1 aromatic rings. The summed E-state index contributed by atoms with van der Waals surface area (Å²) in [5, 5.41) is 0. The van der Waals surface area contributed by atoms with Gasteiger partial charge in [0.05, 0.1) is 6.61 Å². The van der Waals surface area contributed by atoms with Gasteiger partial charge >= 0.3 is 16.8 Å². The van der Waals surface area contributed by atoms with Crippen molar-refractivity contribution in [2.75, 3.05) is 6.61 Å². The van der Waals surface area contributed by atoms with E-state index in [9.17, 15) is 21.1 Å². The predicted octanol–water partition coefficient (Wildman–Crippen LogP) is 2.49. The minimum atomic E-state index is -4.69. The monoisotopic (exact) mass is 284 g/mol. The first-order valence-electron chi connectivity index (χ1n) is 4.94. The van der Waals surface area contributed by atoms with E-state index in [1.165, 1.54) is 6.07 Å². The average molecular weight is 284 g/mol. The minimum Gasteiger partial charge on any atom is -0.490 e. The lowest BCUT2D eigenvalue weighted by molar-refractivity contribution is -0.0514. The van der Waals surface area contributed by atoms with E-state index < -0.39 is 22.6 Å². The number of hydrogen-bond donors (Lipinski definition) is 0. The van der Waals surface area contributed by atoms with Crippen molar-refractivity contribution in [3.05, 3.63) is 23.8 Å². The van der Waals surface area contributed by atoms with Gasteiger partial charge in [0.1, 0.15) is 5.75 Å². The van der Waals surface area contributed by atoms with E-state index in [0.717, 1.165) is 12.1 Å². The second kappa shape index (κ2) is 5.94. The molecule has 0 aliphatic heterocycles. The fraction of sp³-hybridized carbons (Fsp3) is 0.400. The van der Waals surface area contributed by atoms with Gasteiger partial charge < -0.3 is 9.47 Å². The van der Waals surface area contributed by atoms with Crippen molar-refractivity contribution in [3.8, 4) is 11.5 Å². The zero-order valence-electron chi connectivity index (χ0n) is 9.40. The van der Waals surface area contributed by atoms with Crippen molar-refractivity contribution >= 4 is 10.2 Å². The van der Waals surface area contributed by atoms with Crippen molar-refractivity contribution < 1.29 is 30.6 Å².